The Labute approximate surface area is 155 Å². The molecular formula is C13H17N2NaO4S2. The van der Waals surface area contributed by atoms with Crippen molar-refractivity contribution in [2.45, 2.75) is 6.42 Å². The Morgan fingerprint density at radius 3 is 2.82 bits per heavy atom. The first kappa shape index (κ1) is 19.8. The van der Waals surface area contributed by atoms with E-state index in [1.54, 1.807) is 7.11 Å². The summed E-state index contributed by atoms with van der Waals surface area (Å²) in [4.78, 5) is 3.20. The number of benzene rings is 1. The molecule has 116 valence electrons. The Bertz CT molecular complexity index is 703. The number of rotatable bonds is 8. The molecule has 0 amide bonds. The molecule has 2 N–H and O–H groups in total. The van der Waals surface area contributed by atoms with Crippen molar-refractivity contribution in [2.75, 3.05) is 26.0 Å². The molecule has 22 heavy (non-hydrogen) atoms. The second-order valence-electron chi connectivity index (χ2n) is 4.46. The molecule has 0 aliphatic rings. The molecule has 0 aliphatic heterocycles. The summed E-state index contributed by atoms with van der Waals surface area (Å²) < 4.78 is 36.5. The van der Waals surface area contributed by atoms with Crippen LogP contribution in [0, 0.1) is 0 Å². The SMILES string of the molecule is COc1ccc2[nH]cc(CCNCCSS(=O)(=O)[O-])c2c1.[Na+]. The molecule has 0 saturated carbocycles. The number of ether oxygens (including phenoxy) is 1. The first-order valence-corrected chi connectivity index (χ1v) is 9.35. The monoisotopic (exact) mass is 352 g/mol. The maximum absolute atomic E-state index is 10.4. The third-order valence-electron chi connectivity index (χ3n) is 3.05. The quantitative estimate of drug-likeness (QED) is 0.260. The molecule has 0 spiro atoms. The minimum absolute atomic E-state index is 0. The molecule has 0 aliphatic carbocycles. The summed E-state index contributed by atoms with van der Waals surface area (Å²) >= 11 is 0. The number of fused-ring (bicyclic) bond motifs is 1. The first-order chi connectivity index (χ1) is 9.99. The van der Waals surface area contributed by atoms with E-state index in [9.17, 15) is 13.0 Å². The molecule has 0 bridgehead atoms. The summed E-state index contributed by atoms with van der Waals surface area (Å²) in [5.74, 6) is 1.07. The van der Waals surface area contributed by atoms with Crippen LogP contribution in [0.15, 0.2) is 24.4 Å². The van der Waals surface area contributed by atoms with Gasteiger partial charge in [-0.05, 0) is 47.5 Å². The average Bonchev–Trinajstić information content (AvgIpc) is 2.83. The smallest absolute Gasteiger partial charge is 0.739 e. The summed E-state index contributed by atoms with van der Waals surface area (Å²) in [5.41, 5.74) is 2.22. The van der Waals surface area contributed by atoms with Crippen LogP contribution in [0.1, 0.15) is 5.56 Å². The molecule has 2 rings (SSSR count). The number of H-pyrrole nitrogens is 1. The molecule has 0 saturated heterocycles. The van der Waals surface area contributed by atoms with Crippen molar-refractivity contribution in [1.29, 1.82) is 0 Å². The average molecular weight is 352 g/mol. The van der Waals surface area contributed by atoms with E-state index in [0.29, 0.717) is 23.9 Å². The minimum Gasteiger partial charge on any atom is -0.739 e. The van der Waals surface area contributed by atoms with Crippen molar-refractivity contribution < 1.29 is 47.3 Å². The molecule has 1 aromatic carbocycles. The van der Waals surface area contributed by atoms with Crippen molar-refractivity contribution in [2.24, 2.45) is 0 Å². The zero-order valence-corrected chi connectivity index (χ0v) is 16.2. The number of hydrogen-bond acceptors (Lipinski definition) is 6. The molecule has 0 atom stereocenters. The molecule has 0 fully saturated rings. The van der Waals surface area contributed by atoms with E-state index in [1.165, 1.54) is 5.56 Å². The number of methoxy groups -OCH3 is 1. The van der Waals surface area contributed by atoms with Crippen molar-refractivity contribution in [3.8, 4) is 5.75 Å². The van der Waals surface area contributed by atoms with E-state index in [4.69, 9.17) is 4.74 Å². The molecule has 2 aromatic rings. The number of aromatic amines is 1. The van der Waals surface area contributed by atoms with Gasteiger partial charge >= 0.3 is 29.6 Å². The molecular weight excluding hydrogens is 335 g/mol. The molecule has 9 heteroatoms. The number of nitrogens with one attached hydrogen (secondary N) is 2. The standard InChI is InChI=1S/C13H18N2O4S2.Na/c1-19-11-2-3-13-12(8-11)10(9-15-13)4-5-14-6-7-20-21(16,17)18;/h2-3,8-9,14-15H,4-7H2,1H3,(H,16,17,18);/q;+1/p-1. The van der Waals surface area contributed by atoms with Gasteiger partial charge in [0.25, 0.3) is 0 Å². The van der Waals surface area contributed by atoms with Gasteiger partial charge in [-0.15, -0.1) is 0 Å². The van der Waals surface area contributed by atoms with Crippen LogP contribution >= 0.6 is 10.8 Å². The fraction of sp³-hybridized carbons (Fsp3) is 0.385. The first-order valence-electron chi connectivity index (χ1n) is 6.44. The maximum Gasteiger partial charge on any atom is 1.00 e. The van der Waals surface area contributed by atoms with E-state index >= 15 is 0 Å². The van der Waals surface area contributed by atoms with Gasteiger partial charge in [0.15, 0.2) is 0 Å². The zero-order valence-electron chi connectivity index (χ0n) is 12.6. The Morgan fingerprint density at radius 1 is 1.36 bits per heavy atom. The minimum atomic E-state index is -4.18. The Kier molecular flexibility index (Phi) is 8.26. The van der Waals surface area contributed by atoms with E-state index in [0.717, 1.165) is 23.1 Å². The predicted octanol–water partition coefficient (Wildman–Crippen LogP) is -1.49. The van der Waals surface area contributed by atoms with Gasteiger partial charge in [0, 0.05) is 29.4 Å². The van der Waals surface area contributed by atoms with Gasteiger partial charge in [-0.25, -0.2) is 8.42 Å². The van der Waals surface area contributed by atoms with Crippen molar-refractivity contribution in [3.05, 3.63) is 30.0 Å². The van der Waals surface area contributed by atoms with Gasteiger partial charge in [-0.1, -0.05) is 0 Å². The van der Waals surface area contributed by atoms with Crippen LogP contribution in [0.3, 0.4) is 0 Å². The van der Waals surface area contributed by atoms with Crippen molar-refractivity contribution in [3.63, 3.8) is 0 Å². The van der Waals surface area contributed by atoms with Crippen LogP contribution in [-0.4, -0.2) is 43.9 Å². The predicted molar refractivity (Wildman–Crippen MR) is 83.6 cm³/mol. The summed E-state index contributed by atoms with van der Waals surface area (Å²) in [6.07, 6.45) is 2.77. The molecule has 0 radical (unpaired) electrons. The van der Waals surface area contributed by atoms with Crippen LogP contribution in [0.4, 0.5) is 0 Å². The van der Waals surface area contributed by atoms with Gasteiger partial charge in [-0.2, -0.15) is 0 Å². The van der Waals surface area contributed by atoms with Crippen LogP contribution in [-0.2, 0) is 15.6 Å². The van der Waals surface area contributed by atoms with Gasteiger partial charge < -0.3 is 19.6 Å². The van der Waals surface area contributed by atoms with Crippen LogP contribution < -0.4 is 39.6 Å². The van der Waals surface area contributed by atoms with Crippen LogP contribution in [0.25, 0.3) is 10.9 Å². The number of aromatic nitrogens is 1. The van der Waals surface area contributed by atoms with Crippen LogP contribution in [0.5, 0.6) is 5.75 Å². The third kappa shape index (κ3) is 6.11. The second-order valence-corrected chi connectivity index (χ2v) is 7.85. The summed E-state index contributed by atoms with van der Waals surface area (Å²) in [6.45, 7) is 1.20. The topological polar surface area (TPSA) is 94.2 Å². The molecule has 1 aromatic heterocycles. The number of hydrogen-bond donors (Lipinski definition) is 2. The summed E-state index contributed by atoms with van der Waals surface area (Å²) in [5, 5.41) is 4.24. The largest absolute Gasteiger partial charge is 1.00 e. The molecule has 0 unspecified atom stereocenters. The third-order valence-corrected chi connectivity index (χ3v) is 5.08. The maximum atomic E-state index is 10.4. The van der Waals surface area contributed by atoms with E-state index < -0.39 is 9.15 Å². The normalized spacial score (nSPS) is 11.4. The Morgan fingerprint density at radius 2 is 2.14 bits per heavy atom. The van der Waals surface area contributed by atoms with Crippen molar-refractivity contribution >= 4 is 30.8 Å². The van der Waals surface area contributed by atoms with Gasteiger partial charge in [-0.3, -0.25) is 0 Å². The fourth-order valence-corrected chi connectivity index (χ4v) is 3.35. The van der Waals surface area contributed by atoms with E-state index in [2.05, 4.69) is 10.3 Å². The fourth-order valence-electron chi connectivity index (χ4n) is 2.06. The zero-order chi connectivity index (χ0) is 15.3. The summed E-state index contributed by atoms with van der Waals surface area (Å²) in [7, 11) is -2.13. The van der Waals surface area contributed by atoms with E-state index in [-0.39, 0.29) is 35.3 Å². The molecule has 1 heterocycles. The second kappa shape index (κ2) is 9.17. The van der Waals surface area contributed by atoms with Gasteiger partial charge in [0.05, 0.1) is 7.11 Å². The van der Waals surface area contributed by atoms with Crippen molar-refractivity contribution in [1.82, 2.24) is 10.3 Å². The van der Waals surface area contributed by atoms with Gasteiger partial charge in [0.2, 0.25) is 0 Å². The summed E-state index contributed by atoms with van der Waals surface area (Å²) in [6, 6.07) is 5.86. The van der Waals surface area contributed by atoms with E-state index in [1.807, 2.05) is 24.4 Å². The van der Waals surface area contributed by atoms with Gasteiger partial charge in [0.1, 0.15) is 14.9 Å². The van der Waals surface area contributed by atoms with Crippen LogP contribution in [0.2, 0.25) is 0 Å². The molecule has 6 nitrogen and oxygen atoms in total. The Hall–Kier alpha value is -0.220. The Balaban J connectivity index is 0.00000242.